The maximum Gasteiger partial charge on any atom is 0.269 e. The van der Waals surface area contributed by atoms with Gasteiger partial charge in [-0.15, -0.1) is 0 Å². The first-order valence-electron chi connectivity index (χ1n) is 9.59. The van der Waals surface area contributed by atoms with Crippen LogP contribution in [0.4, 0.5) is 5.69 Å². The van der Waals surface area contributed by atoms with E-state index in [1.54, 1.807) is 66.7 Å². The van der Waals surface area contributed by atoms with Crippen molar-refractivity contribution in [2.75, 3.05) is 5.32 Å². The Morgan fingerprint density at radius 1 is 1.03 bits per heavy atom. The van der Waals surface area contributed by atoms with Crippen molar-refractivity contribution in [2.24, 2.45) is 0 Å². The van der Waals surface area contributed by atoms with E-state index >= 15 is 0 Å². The summed E-state index contributed by atoms with van der Waals surface area (Å²) in [6, 6.07) is 20.1. The molecule has 9 heteroatoms. The Morgan fingerprint density at radius 2 is 1.73 bits per heavy atom. The van der Waals surface area contributed by atoms with Gasteiger partial charge in [0.2, 0.25) is 5.88 Å². The lowest BCUT2D eigenvalue weighted by Gasteiger charge is -2.11. The Bertz CT molecular complexity index is 1510. The van der Waals surface area contributed by atoms with Gasteiger partial charge in [0.1, 0.15) is 28.6 Å². The lowest BCUT2D eigenvalue weighted by Crippen LogP contribution is -2.20. The quantitative estimate of drug-likeness (QED) is 0.309. The van der Waals surface area contributed by atoms with Crippen LogP contribution < -0.4 is 15.6 Å². The molecule has 4 rings (SSSR count). The van der Waals surface area contributed by atoms with E-state index in [1.165, 1.54) is 10.6 Å². The molecule has 0 radical (unpaired) electrons. The van der Waals surface area contributed by atoms with Crippen molar-refractivity contribution < 1.29 is 9.53 Å². The Kier molecular flexibility index (Phi) is 6.41. The third-order valence-corrected chi connectivity index (χ3v) is 5.20. The van der Waals surface area contributed by atoms with E-state index in [-0.39, 0.29) is 22.8 Å². The monoisotopic (exact) mass is 476 g/mol. The normalized spacial score (nSPS) is 11.1. The molecule has 7 nitrogen and oxygen atoms in total. The molecule has 2 heterocycles. The molecule has 4 aromatic rings. The van der Waals surface area contributed by atoms with E-state index in [1.807, 2.05) is 6.07 Å². The highest BCUT2D eigenvalue weighted by molar-refractivity contribution is 6.34. The van der Waals surface area contributed by atoms with E-state index in [4.69, 9.17) is 27.9 Å². The maximum atomic E-state index is 13.2. The van der Waals surface area contributed by atoms with Gasteiger partial charge < -0.3 is 10.1 Å². The van der Waals surface area contributed by atoms with Crippen molar-refractivity contribution in [3.8, 4) is 17.7 Å². The molecule has 162 valence electrons. The van der Waals surface area contributed by atoms with Gasteiger partial charge in [-0.3, -0.25) is 14.0 Å². The molecule has 0 spiro atoms. The van der Waals surface area contributed by atoms with Crippen molar-refractivity contribution in [2.45, 2.75) is 0 Å². The number of pyridine rings is 1. The Morgan fingerprint density at radius 3 is 2.45 bits per heavy atom. The number of benzene rings is 2. The molecule has 0 saturated carbocycles. The number of hydrogen-bond acceptors (Lipinski definition) is 5. The molecule has 0 saturated heterocycles. The minimum absolute atomic E-state index is 0.0931. The molecule has 33 heavy (non-hydrogen) atoms. The van der Waals surface area contributed by atoms with E-state index in [9.17, 15) is 14.9 Å². The van der Waals surface area contributed by atoms with E-state index in [0.717, 1.165) is 6.08 Å². The fourth-order valence-electron chi connectivity index (χ4n) is 2.96. The molecule has 0 bridgehead atoms. The number of amides is 1. The average Bonchev–Trinajstić information content (AvgIpc) is 2.82. The number of carbonyl (C=O) groups excluding carboxylic acids is 1. The average molecular weight is 477 g/mol. The van der Waals surface area contributed by atoms with Gasteiger partial charge in [0.05, 0.1) is 15.7 Å². The minimum atomic E-state index is -0.744. The minimum Gasteiger partial charge on any atom is -0.437 e. The number of hydrogen-bond donors (Lipinski definition) is 1. The predicted molar refractivity (Wildman–Crippen MR) is 127 cm³/mol. The van der Waals surface area contributed by atoms with Gasteiger partial charge in [0.15, 0.2) is 0 Å². The van der Waals surface area contributed by atoms with Crippen molar-refractivity contribution >= 4 is 46.5 Å². The number of anilines is 1. The highest BCUT2D eigenvalue weighted by atomic mass is 35.5. The molecule has 2 aromatic heterocycles. The fourth-order valence-corrected chi connectivity index (χ4v) is 3.32. The van der Waals surface area contributed by atoms with Gasteiger partial charge in [-0.25, -0.2) is 0 Å². The van der Waals surface area contributed by atoms with Crippen LogP contribution in [0.15, 0.2) is 83.3 Å². The molecule has 0 atom stereocenters. The highest BCUT2D eigenvalue weighted by Crippen LogP contribution is 2.30. The molecule has 1 amide bonds. The van der Waals surface area contributed by atoms with Crippen LogP contribution in [-0.4, -0.2) is 15.3 Å². The lowest BCUT2D eigenvalue weighted by molar-refractivity contribution is -0.112. The number of nitrogens with one attached hydrogen (secondary N) is 1. The first kappa shape index (κ1) is 22.1. The van der Waals surface area contributed by atoms with E-state index in [0.29, 0.717) is 21.4 Å². The van der Waals surface area contributed by atoms with Gasteiger partial charge in [-0.05, 0) is 42.5 Å². The fraction of sp³-hybridized carbons (Fsp3) is 0. The van der Waals surface area contributed by atoms with Gasteiger partial charge >= 0.3 is 0 Å². The van der Waals surface area contributed by atoms with Crippen molar-refractivity contribution in [1.29, 1.82) is 5.26 Å². The number of ether oxygens (including phenoxy) is 1. The summed E-state index contributed by atoms with van der Waals surface area (Å²) < 4.78 is 7.11. The smallest absolute Gasteiger partial charge is 0.269 e. The number of fused-ring (bicyclic) bond motifs is 1. The molecule has 0 fully saturated rings. The maximum absolute atomic E-state index is 13.2. The Hall–Kier alpha value is -4.12. The molecular weight excluding hydrogens is 463 g/mol. The summed E-state index contributed by atoms with van der Waals surface area (Å²) in [4.78, 5) is 30.4. The lowest BCUT2D eigenvalue weighted by atomic mass is 10.1. The van der Waals surface area contributed by atoms with Crippen molar-refractivity contribution in [1.82, 2.24) is 9.38 Å². The van der Waals surface area contributed by atoms with Crippen LogP contribution in [0.3, 0.4) is 0 Å². The summed E-state index contributed by atoms with van der Waals surface area (Å²) in [5.41, 5.74) is -0.314. The SMILES string of the molecule is N#C/C(=C/c1c(Oc2ccccc2Cl)nc2ccccn2c1=O)C(=O)Nc1ccccc1Cl. The third kappa shape index (κ3) is 4.72. The van der Waals surface area contributed by atoms with Crippen LogP contribution in [0.25, 0.3) is 11.7 Å². The largest absolute Gasteiger partial charge is 0.437 e. The van der Waals surface area contributed by atoms with Gasteiger partial charge in [-0.1, -0.05) is 53.5 Å². The van der Waals surface area contributed by atoms with Gasteiger partial charge in [-0.2, -0.15) is 10.2 Å². The van der Waals surface area contributed by atoms with Crippen LogP contribution in [0, 0.1) is 11.3 Å². The molecule has 0 aliphatic heterocycles. The predicted octanol–water partition coefficient (Wildman–Crippen LogP) is 5.34. The number of halogens is 2. The molecule has 2 aromatic carbocycles. The Labute approximate surface area is 198 Å². The summed E-state index contributed by atoms with van der Waals surface area (Å²) in [6.45, 7) is 0. The van der Waals surface area contributed by atoms with Crippen LogP contribution >= 0.6 is 23.2 Å². The molecular formula is C24H14Cl2N4O3. The number of rotatable bonds is 5. The van der Waals surface area contributed by atoms with Crippen LogP contribution in [0.1, 0.15) is 5.56 Å². The number of aromatic nitrogens is 2. The van der Waals surface area contributed by atoms with Crippen LogP contribution in [0.2, 0.25) is 10.0 Å². The summed E-state index contributed by atoms with van der Waals surface area (Å²) in [5.74, 6) is -0.579. The summed E-state index contributed by atoms with van der Waals surface area (Å²) in [5, 5.41) is 12.8. The number of nitrogens with zero attached hydrogens (tertiary/aromatic N) is 3. The summed E-state index contributed by atoms with van der Waals surface area (Å²) >= 11 is 12.3. The van der Waals surface area contributed by atoms with Crippen molar-refractivity contribution in [3.63, 3.8) is 0 Å². The van der Waals surface area contributed by atoms with Crippen LogP contribution in [0.5, 0.6) is 11.6 Å². The van der Waals surface area contributed by atoms with Gasteiger partial charge in [0, 0.05) is 6.20 Å². The zero-order chi connectivity index (χ0) is 23.4. The first-order chi connectivity index (χ1) is 16.0. The Balaban J connectivity index is 1.83. The number of carbonyl (C=O) groups is 1. The molecule has 0 aliphatic rings. The number of nitriles is 1. The second-order valence-electron chi connectivity index (χ2n) is 6.70. The standard InChI is InChI=1S/C24H14Cl2N4O3/c25-17-7-1-3-9-19(17)28-22(31)15(14-27)13-16-23(33-20-10-4-2-8-18(20)26)29-21-11-5-6-12-30(21)24(16)32/h1-13H,(H,28,31)/b15-13-. The van der Waals surface area contributed by atoms with Crippen LogP contribution in [-0.2, 0) is 4.79 Å². The first-order valence-corrected chi connectivity index (χ1v) is 10.3. The van der Waals surface area contributed by atoms with Gasteiger partial charge in [0.25, 0.3) is 11.5 Å². The third-order valence-electron chi connectivity index (χ3n) is 4.55. The summed E-state index contributed by atoms with van der Waals surface area (Å²) in [7, 11) is 0. The molecule has 0 unspecified atom stereocenters. The molecule has 1 N–H and O–H groups in total. The van der Waals surface area contributed by atoms with Crippen molar-refractivity contribution in [3.05, 3.63) is 104 Å². The topological polar surface area (TPSA) is 96.5 Å². The summed E-state index contributed by atoms with van der Waals surface area (Å²) in [6.07, 6.45) is 2.66. The number of para-hydroxylation sites is 2. The second kappa shape index (κ2) is 9.57. The van der Waals surface area contributed by atoms with E-state index in [2.05, 4.69) is 10.3 Å². The highest BCUT2D eigenvalue weighted by Gasteiger charge is 2.18. The zero-order valence-electron chi connectivity index (χ0n) is 16.8. The molecule has 0 aliphatic carbocycles. The zero-order valence-corrected chi connectivity index (χ0v) is 18.3. The second-order valence-corrected chi connectivity index (χ2v) is 7.52. The van der Waals surface area contributed by atoms with E-state index < -0.39 is 11.5 Å².